The summed E-state index contributed by atoms with van der Waals surface area (Å²) >= 11 is 4.86. The van der Waals surface area contributed by atoms with Crippen LogP contribution in [0.25, 0.3) is 0 Å². The minimum absolute atomic E-state index is 0.0754. The van der Waals surface area contributed by atoms with Crippen LogP contribution in [0.2, 0.25) is 0 Å². The zero-order valence-electron chi connectivity index (χ0n) is 10.2. The average Bonchev–Trinajstić information content (AvgIpc) is 2.91. The highest BCUT2D eigenvalue weighted by atomic mass is 79.9. The fraction of sp³-hybridized carbons (Fsp3) is 0.500. The molecule has 2 rings (SSSR count). The van der Waals surface area contributed by atoms with Gasteiger partial charge in [-0.05, 0) is 18.9 Å². The Kier molecular flexibility index (Phi) is 4.07. The Morgan fingerprint density at radius 1 is 1.67 bits per heavy atom. The summed E-state index contributed by atoms with van der Waals surface area (Å²) in [6.45, 7) is 2.58. The second-order valence-corrected chi connectivity index (χ2v) is 6.18. The first-order valence-electron chi connectivity index (χ1n) is 5.62. The Morgan fingerprint density at radius 2 is 2.39 bits per heavy atom. The van der Waals surface area contributed by atoms with Crippen LogP contribution in [0.3, 0.4) is 0 Å². The number of carbonyl (C=O) groups is 2. The van der Waals surface area contributed by atoms with Gasteiger partial charge in [0, 0.05) is 23.2 Å². The molecule has 6 heteroatoms. The van der Waals surface area contributed by atoms with Gasteiger partial charge < -0.3 is 9.64 Å². The van der Waals surface area contributed by atoms with E-state index in [4.69, 9.17) is 4.74 Å². The molecule has 98 valence electrons. The molecule has 1 aromatic heterocycles. The molecule has 0 aromatic carbocycles. The number of methoxy groups -OCH3 is 1. The molecule has 1 atom stereocenters. The quantitative estimate of drug-likeness (QED) is 0.631. The third-order valence-corrected chi connectivity index (χ3v) is 4.90. The molecule has 0 N–H and O–H groups in total. The molecule has 18 heavy (non-hydrogen) atoms. The summed E-state index contributed by atoms with van der Waals surface area (Å²) in [5, 5.41) is 1.51. The number of carbonyl (C=O) groups excluding carboxylic acids is 2. The van der Waals surface area contributed by atoms with E-state index >= 15 is 0 Å². The molecular formula is C12H14BrNO3S. The van der Waals surface area contributed by atoms with Crippen LogP contribution in [-0.2, 0) is 9.53 Å². The maximum Gasteiger partial charge on any atom is 0.340 e. The van der Waals surface area contributed by atoms with Gasteiger partial charge in [-0.15, -0.1) is 11.3 Å². The number of halogens is 1. The molecule has 0 radical (unpaired) electrons. The fourth-order valence-electron chi connectivity index (χ4n) is 2.04. The van der Waals surface area contributed by atoms with Crippen LogP contribution >= 0.6 is 27.3 Å². The van der Waals surface area contributed by atoms with Crippen molar-refractivity contribution in [3.05, 3.63) is 16.5 Å². The lowest BCUT2D eigenvalue weighted by Gasteiger charge is -2.15. The molecule has 0 saturated carbocycles. The Labute approximate surface area is 118 Å². The van der Waals surface area contributed by atoms with Crippen LogP contribution in [0.4, 0.5) is 5.00 Å². The summed E-state index contributed by atoms with van der Waals surface area (Å²) in [5.74, 6) is 0.00120. The first-order chi connectivity index (χ1) is 8.56. The van der Waals surface area contributed by atoms with Gasteiger partial charge in [0.15, 0.2) is 0 Å². The lowest BCUT2D eigenvalue weighted by Crippen LogP contribution is -2.25. The lowest BCUT2D eigenvalue weighted by atomic mass is 10.2. The van der Waals surface area contributed by atoms with E-state index in [0.717, 1.165) is 10.2 Å². The van der Waals surface area contributed by atoms with E-state index in [2.05, 4.69) is 15.9 Å². The topological polar surface area (TPSA) is 46.6 Å². The van der Waals surface area contributed by atoms with Crippen LogP contribution in [0.5, 0.6) is 0 Å². The zero-order valence-corrected chi connectivity index (χ0v) is 12.6. The number of hydrogen-bond acceptors (Lipinski definition) is 4. The van der Waals surface area contributed by atoms with Gasteiger partial charge in [0.2, 0.25) is 5.91 Å². The number of aryl methyl sites for hydroxylation is 1. The van der Waals surface area contributed by atoms with Gasteiger partial charge in [-0.1, -0.05) is 15.9 Å². The van der Waals surface area contributed by atoms with Crippen LogP contribution in [-0.4, -0.2) is 30.9 Å². The molecule has 1 unspecified atom stereocenters. The monoisotopic (exact) mass is 331 g/mol. The zero-order chi connectivity index (χ0) is 13.3. The SMILES string of the molecule is COC(=O)c1cc(C)sc1N1CC(CBr)CC1=O. The summed E-state index contributed by atoms with van der Waals surface area (Å²) in [5.41, 5.74) is 0.489. The Hall–Kier alpha value is -0.880. The number of amides is 1. The molecule has 0 aliphatic carbocycles. The minimum Gasteiger partial charge on any atom is -0.465 e. The van der Waals surface area contributed by atoms with Crippen molar-refractivity contribution < 1.29 is 14.3 Å². The molecule has 1 fully saturated rings. The summed E-state index contributed by atoms with van der Waals surface area (Å²) in [6.07, 6.45) is 0.531. The first kappa shape index (κ1) is 13.5. The molecule has 0 spiro atoms. The third kappa shape index (κ3) is 2.44. The van der Waals surface area contributed by atoms with Gasteiger partial charge >= 0.3 is 5.97 Å². The van der Waals surface area contributed by atoms with Gasteiger partial charge in [0.1, 0.15) is 5.00 Å². The summed E-state index contributed by atoms with van der Waals surface area (Å²) in [7, 11) is 1.35. The number of anilines is 1. The molecule has 1 aliphatic heterocycles. The molecule has 1 saturated heterocycles. The summed E-state index contributed by atoms with van der Waals surface area (Å²) in [6, 6.07) is 1.78. The van der Waals surface area contributed by atoms with Crippen molar-refractivity contribution in [3.8, 4) is 0 Å². The number of rotatable bonds is 3. The van der Waals surface area contributed by atoms with Crippen molar-refractivity contribution in [2.24, 2.45) is 5.92 Å². The number of alkyl halides is 1. The molecule has 1 aliphatic rings. The van der Waals surface area contributed by atoms with Crippen LogP contribution < -0.4 is 4.90 Å². The van der Waals surface area contributed by atoms with Crippen LogP contribution in [0.1, 0.15) is 21.7 Å². The highest BCUT2D eigenvalue weighted by molar-refractivity contribution is 9.09. The highest BCUT2D eigenvalue weighted by Gasteiger charge is 2.33. The van der Waals surface area contributed by atoms with E-state index in [1.807, 2.05) is 6.92 Å². The Bertz CT molecular complexity index is 486. The molecule has 4 nitrogen and oxygen atoms in total. The van der Waals surface area contributed by atoms with Crippen molar-refractivity contribution in [1.82, 2.24) is 0 Å². The molecule has 0 bridgehead atoms. The number of ether oxygens (including phenoxy) is 1. The van der Waals surface area contributed by atoms with Gasteiger partial charge in [-0.2, -0.15) is 0 Å². The van der Waals surface area contributed by atoms with Gasteiger partial charge in [0.05, 0.1) is 12.7 Å². The fourth-order valence-corrected chi connectivity index (χ4v) is 3.49. The normalized spacial score (nSPS) is 19.4. The Morgan fingerprint density at radius 3 is 2.94 bits per heavy atom. The second kappa shape index (κ2) is 5.40. The van der Waals surface area contributed by atoms with Gasteiger partial charge in [0.25, 0.3) is 0 Å². The van der Waals surface area contributed by atoms with E-state index in [1.165, 1.54) is 18.4 Å². The first-order valence-corrected chi connectivity index (χ1v) is 7.55. The number of esters is 1. The molecule has 2 heterocycles. The lowest BCUT2D eigenvalue weighted by molar-refractivity contribution is -0.117. The Balaban J connectivity index is 2.33. The van der Waals surface area contributed by atoms with E-state index in [1.54, 1.807) is 11.0 Å². The maximum absolute atomic E-state index is 12.0. The van der Waals surface area contributed by atoms with Crippen molar-refractivity contribution >= 4 is 44.1 Å². The largest absolute Gasteiger partial charge is 0.465 e. The van der Waals surface area contributed by atoms with Gasteiger partial charge in [-0.3, -0.25) is 4.79 Å². The number of thiophene rings is 1. The molecule has 1 aromatic rings. The number of nitrogens with zero attached hydrogens (tertiary/aromatic N) is 1. The van der Waals surface area contributed by atoms with E-state index in [-0.39, 0.29) is 11.9 Å². The summed E-state index contributed by atoms with van der Waals surface area (Å²) < 4.78 is 4.76. The highest BCUT2D eigenvalue weighted by Crippen LogP contribution is 2.36. The summed E-state index contributed by atoms with van der Waals surface area (Å²) in [4.78, 5) is 26.4. The van der Waals surface area contributed by atoms with Crippen molar-refractivity contribution in [1.29, 1.82) is 0 Å². The number of hydrogen-bond donors (Lipinski definition) is 0. The van der Waals surface area contributed by atoms with E-state index < -0.39 is 0 Å². The standard InChI is InChI=1S/C12H14BrNO3S/c1-7-3-9(12(16)17-2)11(18-7)14-6-8(5-13)4-10(14)15/h3,8H,4-6H2,1-2H3. The van der Waals surface area contributed by atoms with Crippen molar-refractivity contribution in [3.63, 3.8) is 0 Å². The predicted molar refractivity (Wildman–Crippen MR) is 74.6 cm³/mol. The molecular weight excluding hydrogens is 318 g/mol. The maximum atomic E-state index is 12.0. The third-order valence-electron chi connectivity index (χ3n) is 2.91. The van der Waals surface area contributed by atoms with Crippen LogP contribution in [0, 0.1) is 12.8 Å². The predicted octanol–water partition coefficient (Wildman–Crippen LogP) is 2.59. The van der Waals surface area contributed by atoms with Gasteiger partial charge in [-0.25, -0.2) is 4.79 Å². The second-order valence-electron chi connectivity index (χ2n) is 4.30. The minimum atomic E-state index is -0.385. The molecule has 1 amide bonds. The van der Waals surface area contributed by atoms with Crippen molar-refractivity contribution in [2.75, 3.05) is 23.9 Å². The van der Waals surface area contributed by atoms with Crippen LogP contribution in [0.15, 0.2) is 6.07 Å². The van der Waals surface area contributed by atoms with E-state index in [0.29, 0.717) is 29.4 Å². The average molecular weight is 332 g/mol. The van der Waals surface area contributed by atoms with Crippen molar-refractivity contribution in [2.45, 2.75) is 13.3 Å². The smallest absolute Gasteiger partial charge is 0.340 e. The van der Waals surface area contributed by atoms with E-state index in [9.17, 15) is 9.59 Å².